The summed E-state index contributed by atoms with van der Waals surface area (Å²) in [6, 6.07) is 7.25. The molecule has 0 N–H and O–H groups in total. The van der Waals surface area contributed by atoms with Gasteiger partial charge < -0.3 is 4.74 Å². The third-order valence-corrected chi connectivity index (χ3v) is 1.55. The summed E-state index contributed by atoms with van der Waals surface area (Å²) in [5, 5.41) is 0.674. The van der Waals surface area contributed by atoms with Crippen molar-refractivity contribution in [1.82, 2.24) is 0 Å². The third-order valence-electron chi connectivity index (χ3n) is 1.31. The van der Waals surface area contributed by atoms with E-state index in [0.29, 0.717) is 18.1 Å². The Morgan fingerprint density at radius 2 is 2.33 bits per heavy atom. The zero-order valence-electron chi connectivity index (χ0n) is 6.59. The standard InChI is InChI=1S/C10H9ClO/c1-2-3-7-12-10-6-4-5-9(11)8-10/h1,4-6,8H,3,7H2. The van der Waals surface area contributed by atoms with Crippen molar-refractivity contribution in [1.29, 1.82) is 0 Å². The Bertz CT molecular complexity index is 288. The third kappa shape index (κ3) is 2.86. The van der Waals surface area contributed by atoms with Crippen LogP contribution >= 0.6 is 11.6 Å². The quantitative estimate of drug-likeness (QED) is 0.514. The Hall–Kier alpha value is -1.13. The molecule has 0 aliphatic rings. The van der Waals surface area contributed by atoms with Crippen molar-refractivity contribution >= 4 is 11.6 Å². The Morgan fingerprint density at radius 3 is 3.00 bits per heavy atom. The normalized spacial score (nSPS) is 9.00. The van der Waals surface area contributed by atoms with Crippen molar-refractivity contribution in [2.75, 3.05) is 6.61 Å². The largest absolute Gasteiger partial charge is 0.493 e. The monoisotopic (exact) mass is 180 g/mol. The first-order valence-electron chi connectivity index (χ1n) is 3.65. The molecule has 0 aliphatic heterocycles. The number of benzene rings is 1. The Balaban J connectivity index is 2.48. The zero-order valence-corrected chi connectivity index (χ0v) is 7.34. The van der Waals surface area contributed by atoms with Crippen molar-refractivity contribution < 1.29 is 4.74 Å². The van der Waals surface area contributed by atoms with Crippen LogP contribution in [0.15, 0.2) is 24.3 Å². The fourth-order valence-electron chi connectivity index (χ4n) is 0.785. The average Bonchev–Trinajstić information content (AvgIpc) is 2.05. The van der Waals surface area contributed by atoms with Gasteiger partial charge in [0.25, 0.3) is 0 Å². The van der Waals surface area contributed by atoms with Gasteiger partial charge in [-0.15, -0.1) is 12.3 Å². The highest BCUT2D eigenvalue weighted by Gasteiger charge is 1.92. The van der Waals surface area contributed by atoms with E-state index in [1.54, 1.807) is 12.1 Å². The summed E-state index contributed by atoms with van der Waals surface area (Å²) in [4.78, 5) is 0. The van der Waals surface area contributed by atoms with E-state index < -0.39 is 0 Å². The lowest BCUT2D eigenvalue weighted by molar-refractivity contribution is 0.327. The van der Waals surface area contributed by atoms with E-state index in [-0.39, 0.29) is 0 Å². The van der Waals surface area contributed by atoms with E-state index in [4.69, 9.17) is 22.8 Å². The molecule has 0 atom stereocenters. The first-order valence-corrected chi connectivity index (χ1v) is 4.02. The minimum Gasteiger partial charge on any atom is -0.493 e. The van der Waals surface area contributed by atoms with Crippen LogP contribution in [0, 0.1) is 12.3 Å². The minimum absolute atomic E-state index is 0.539. The highest BCUT2D eigenvalue weighted by molar-refractivity contribution is 6.30. The van der Waals surface area contributed by atoms with E-state index in [9.17, 15) is 0 Å². The Kier molecular flexibility index (Phi) is 3.50. The molecule has 0 unspecified atom stereocenters. The molecule has 0 radical (unpaired) electrons. The van der Waals surface area contributed by atoms with Crippen LogP contribution in [0.4, 0.5) is 0 Å². The molecule has 1 nitrogen and oxygen atoms in total. The molecule has 62 valence electrons. The van der Waals surface area contributed by atoms with Crippen molar-refractivity contribution in [3.63, 3.8) is 0 Å². The number of hydrogen-bond acceptors (Lipinski definition) is 1. The maximum absolute atomic E-state index is 5.74. The number of rotatable bonds is 3. The molecule has 0 aliphatic carbocycles. The van der Waals surface area contributed by atoms with Gasteiger partial charge in [0.05, 0.1) is 6.61 Å². The van der Waals surface area contributed by atoms with Gasteiger partial charge in [-0.25, -0.2) is 0 Å². The van der Waals surface area contributed by atoms with E-state index >= 15 is 0 Å². The van der Waals surface area contributed by atoms with Crippen LogP contribution in [-0.4, -0.2) is 6.61 Å². The van der Waals surface area contributed by atoms with Gasteiger partial charge in [-0.1, -0.05) is 17.7 Å². The van der Waals surface area contributed by atoms with Crippen LogP contribution in [-0.2, 0) is 0 Å². The number of halogens is 1. The molecule has 0 saturated heterocycles. The molecule has 1 aromatic rings. The Labute approximate surface area is 77.3 Å². The molecule has 0 heterocycles. The van der Waals surface area contributed by atoms with Gasteiger partial charge in [0.2, 0.25) is 0 Å². The van der Waals surface area contributed by atoms with Crippen molar-refractivity contribution in [2.45, 2.75) is 6.42 Å². The van der Waals surface area contributed by atoms with Crippen molar-refractivity contribution in [2.24, 2.45) is 0 Å². The van der Waals surface area contributed by atoms with E-state index in [0.717, 1.165) is 5.75 Å². The number of terminal acetylenes is 1. The fourth-order valence-corrected chi connectivity index (χ4v) is 0.965. The maximum Gasteiger partial charge on any atom is 0.120 e. The van der Waals surface area contributed by atoms with Crippen LogP contribution in [0.25, 0.3) is 0 Å². The van der Waals surface area contributed by atoms with Crippen LogP contribution in [0.3, 0.4) is 0 Å². The van der Waals surface area contributed by atoms with Gasteiger partial charge in [-0.3, -0.25) is 0 Å². The molecule has 12 heavy (non-hydrogen) atoms. The zero-order chi connectivity index (χ0) is 8.81. The minimum atomic E-state index is 0.539. The van der Waals surface area contributed by atoms with Gasteiger partial charge >= 0.3 is 0 Å². The first kappa shape index (κ1) is 8.96. The van der Waals surface area contributed by atoms with Crippen LogP contribution in [0.5, 0.6) is 5.75 Å². The topological polar surface area (TPSA) is 9.23 Å². The second kappa shape index (κ2) is 4.69. The fraction of sp³-hybridized carbons (Fsp3) is 0.200. The first-order chi connectivity index (χ1) is 5.83. The van der Waals surface area contributed by atoms with Crippen LogP contribution in [0.2, 0.25) is 5.02 Å². The van der Waals surface area contributed by atoms with Gasteiger partial charge in [-0.05, 0) is 18.2 Å². The molecule has 0 fully saturated rings. The summed E-state index contributed by atoms with van der Waals surface area (Å²) >= 11 is 5.74. The average molecular weight is 181 g/mol. The lowest BCUT2D eigenvalue weighted by Gasteiger charge is -2.02. The summed E-state index contributed by atoms with van der Waals surface area (Å²) < 4.78 is 5.30. The highest BCUT2D eigenvalue weighted by Crippen LogP contribution is 2.16. The SMILES string of the molecule is C#CCCOc1cccc(Cl)c1. The predicted octanol–water partition coefficient (Wildman–Crippen LogP) is 2.74. The van der Waals surface area contributed by atoms with Gasteiger partial charge in [-0.2, -0.15) is 0 Å². The molecule has 0 bridgehead atoms. The molecule has 2 heteroatoms. The second-order valence-electron chi connectivity index (χ2n) is 2.26. The van der Waals surface area contributed by atoms with E-state index in [2.05, 4.69) is 5.92 Å². The van der Waals surface area contributed by atoms with Crippen molar-refractivity contribution in [3.05, 3.63) is 29.3 Å². The molecule has 0 aromatic heterocycles. The van der Waals surface area contributed by atoms with E-state index in [1.807, 2.05) is 12.1 Å². The number of ether oxygens (including phenoxy) is 1. The summed E-state index contributed by atoms with van der Waals surface area (Å²) in [5.74, 6) is 3.26. The van der Waals surface area contributed by atoms with Gasteiger partial charge in [0.1, 0.15) is 5.75 Å². The molecule has 1 aromatic carbocycles. The van der Waals surface area contributed by atoms with Crippen LogP contribution < -0.4 is 4.74 Å². The smallest absolute Gasteiger partial charge is 0.120 e. The summed E-state index contributed by atoms with van der Waals surface area (Å²) in [5.41, 5.74) is 0. The molecular weight excluding hydrogens is 172 g/mol. The van der Waals surface area contributed by atoms with Gasteiger partial charge in [0.15, 0.2) is 0 Å². The maximum atomic E-state index is 5.74. The molecule has 0 saturated carbocycles. The second-order valence-corrected chi connectivity index (χ2v) is 2.70. The lowest BCUT2D eigenvalue weighted by atomic mass is 10.3. The van der Waals surface area contributed by atoms with Crippen molar-refractivity contribution in [3.8, 4) is 18.1 Å². The molecular formula is C10H9ClO. The predicted molar refractivity (Wildman–Crippen MR) is 50.4 cm³/mol. The molecule has 0 spiro atoms. The van der Waals surface area contributed by atoms with E-state index in [1.165, 1.54) is 0 Å². The van der Waals surface area contributed by atoms with Gasteiger partial charge in [0, 0.05) is 11.4 Å². The molecule has 1 rings (SSSR count). The molecule has 0 amide bonds. The highest BCUT2D eigenvalue weighted by atomic mass is 35.5. The lowest BCUT2D eigenvalue weighted by Crippen LogP contribution is -1.94. The Morgan fingerprint density at radius 1 is 1.50 bits per heavy atom. The summed E-state index contributed by atoms with van der Waals surface area (Å²) in [6.07, 6.45) is 5.68. The summed E-state index contributed by atoms with van der Waals surface area (Å²) in [7, 11) is 0. The summed E-state index contributed by atoms with van der Waals surface area (Å²) in [6.45, 7) is 0.539. The number of hydrogen-bond donors (Lipinski definition) is 0. The van der Waals surface area contributed by atoms with Crippen LogP contribution in [0.1, 0.15) is 6.42 Å².